The molecule has 1 aliphatic heterocycles. The first kappa shape index (κ1) is 21.6. The number of piperidine rings is 1. The molecular formula is C21H27ClN2O2S. The fourth-order valence-electron chi connectivity index (χ4n) is 3.27. The molecule has 0 spiro atoms. The number of aromatic hydroxyl groups is 1. The molecule has 1 heterocycles. The molecule has 3 rings (SSSR count). The van der Waals surface area contributed by atoms with Gasteiger partial charge in [-0.3, -0.25) is 4.79 Å². The molecule has 1 saturated heterocycles. The van der Waals surface area contributed by atoms with Crippen molar-refractivity contribution in [3.05, 3.63) is 59.7 Å². The van der Waals surface area contributed by atoms with Crippen LogP contribution in [0.2, 0.25) is 0 Å². The van der Waals surface area contributed by atoms with Crippen molar-refractivity contribution in [2.24, 2.45) is 5.73 Å². The maximum absolute atomic E-state index is 12.6. The van der Waals surface area contributed by atoms with Crippen molar-refractivity contribution < 1.29 is 9.90 Å². The summed E-state index contributed by atoms with van der Waals surface area (Å²) in [5.41, 5.74) is 8.42. The Bertz CT molecular complexity index is 746. The Balaban J connectivity index is 0.00000261. The molecule has 0 aliphatic carbocycles. The summed E-state index contributed by atoms with van der Waals surface area (Å²) in [6, 6.07) is 14.8. The Morgan fingerprint density at radius 3 is 2.44 bits per heavy atom. The van der Waals surface area contributed by atoms with Crippen LogP contribution in [0.4, 0.5) is 0 Å². The number of thioether (sulfide) groups is 1. The number of phenols is 1. The number of phenolic OH excluding ortho intramolecular Hbond substituents is 1. The van der Waals surface area contributed by atoms with Gasteiger partial charge in [-0.15, -0.1) is 24.2 Å². The summed E-state index contributed by atoms with van der Waals surface area (Å²) in [6.07, 6.45) is 2.49. The lowest BCUT2D eigenvalue weighted by Crippen LogP contribution is -2.48. The lowest BCUT2D eigenvalue weighted by Gasteiger charge is -2.33. The van der Waals surface area contributed by atoms with Gasteiger partial charge >= 0.3 is 0 Å². The smallest absolute Gasteiger partial charge is 0.239 e. The van der Waals surface area contributed by atoms with Gasteiger partial charge in [-0.25, -0.2) is 0 Å². The van der Waals surface area contributed by atoms with E-state index in [1.807, 2.05) is 28.8 Å². The molecule has 1 fully saturated rings. The Hall–Kier alpha value is -1.69. The summed E-state index contributed by atoms with van der Waals surface area (Å²) in [5.74, 6) is 0.249. The van der Waals surface area contributed by atoms with E-state index in [2.05, 4.69) is 31.2 Å². The molecule has 4 nitrogen and oxygen atoms in total. The average Bonchev–Trinajstić information content (AvgIpc) is 2.65. The van der Waals surface area contributed by atoms with E-state index in [0.29, 0.717) is 11.7 Å². The minimum Gasteiger partial charge on any atom is -0.508 e. The van der Waals surface area contributed by atoms with E-state index in [9.17, 15) is 9.90 Å². The Kier molecular flexibility index (Phi) is 8.02. The highest BCUT2D eigenvalue weighted by Gasteiger charge is 2.27. The summed E-state index contributed by atoms with van der Waals surface area (Å²) in [4.78, 5) is 15.9. The third-order valence-corrected chi connectivity index (χ3v) is 6.37. The summed E-state index contributed by atoms with van der Waals surface area (Å²) in [6.45, 7) is 3.68. The molecule has 0 radical (unpaired) electrons. The van der Waals surface area contributed by atoms with Gasteiger partial charge in [0.25, 0.3) is 0 Å². The van der Waals surface area contributed by atoms with Crippen LogP contribution in [0.1, 0.15) is 24.0 Å². The van der Waals surface area contributed by atoms with Crippen molar-refractivity contribution in [1.82, 2.24) is 4.90 Å². The lowest BCUT2D eigenvalue weighted by atomic mass is 10.0. The number of nitrogens with zero attached hydrogens (tertiary/aromatic N) is 1. The number of amides is 1. The fourth-order valence-corrected chi connectivity index (χ4v) is 4.49. The first-order chi connectivity index (χ1) is 12.5. The van der Waals surface area contributed by atoms with Crippen LogP contribution in [-0.2, 0) is 11.2 Å². The number of carbonyl (C=O) groups excluding carboxylic acids is 1. The zero-order valence-electron chi connectivity index (χ0n) is 15.5. The highest BCUT2D eigenvalue weighted by Crippen LogP contribution is 2.32. The summed E-state index contributed by atoms with van der Waals surface area (Å²) < 4.78 is 0. The van der Waals surface area contributed by atoms with Gasteiger partial charge < -0.3 is 15.7 Å². The summed E-state index contributed by atoms with van der Waals surface area (Å²) in [7, 11) is 0. The maximum atomic E-state index is 12.6. The third kappa shape index (κ3) is 5.89. The standard InChI is InChI=1S/C21H26N2O2S.ClH/c1-15-4-2-3-5-20(15)26-18-10-12-23(13-11-18)21(25)19(22)14-16-6-8-17(24)9-7-16;/h2-9,18-19,24H,10-14,22H2,1H3;1H/t19-;/m0./s1. The van der Waals surface area contributed by atoms with Crippen molar-refractivity contribution in [2.75, 3.05) is 13.1 Å². The van der Waals surface area contributed by atoms with Gasteiger partial charge in [0.2, 0.25) is 5.91 Å². The molecular weight excluding hydrogens is 380 g/mol. The second-order valence-corrected chi connectivity index (χ2v) is 8.23. The minimum absolute atomic E-state index is 0. The van der Waals surface area contributed by atoms with Crippen LogP contribution < -0.4 is 5.73 Å². The molecule has 1 amide bonds. The van der Waals surface area contributed by atoms with Crippen LogP contribution in [0.3, 0.4) is 0 Å². The Morgan fingerprint density at radius 1 is 1.19 bits per heavy atom. The average molecular weight is 407 g/mol. The number of likely N-dealkylation sites (tertiary alicyclic amines) is 1. The molecule has 2 aromatic rings. The van der Waals surface area contributed by atoms with Crippen molar-refractivity contribution in [2.45, 2.75) is 42.4 Å². The van der Waals surface area contributed by atoms with E-state index in [4.69, 9.17) is 5.73 Å². The molecule has 0 unspecified atom stereocenters. The van der Waals surface area contributed by atoms with Crippen molar-refractivity contribution in [3.8, 4) is 5.75 Å². The zero-order chi connectivity index (χ0) is 18.5. The molecule has 3 N–H and O–H groups in total. The lowest BCUT2D eigenvalue weighted by molar-refractivity contribution is -0.133. The number of carbonyl (C=O) groups is 1. The molecule has 27 heavy (non-hydrogen) atoms. The molecule has 0 aromatic heterocycles. The molecule has 2 aromatic carbocycles. The van der Waals surface area contributed by atoms with E-state index in [-0.39, 0.29) is 24.1 Å². The van der Waals surface area contributed by atoms with Gasteiger partial charge in [-0.05, 0) is 55.5 Å². The number of halogens is 1. The van der Waals surface area contributed by atoms with Crippen LogP contribution in [0.15, 0.2) is 53.4 Å². The van der Waals surface area contributed by atoms with Crippen molar-refractivity contribution in [1.29, 1.82) is 0 Å². The van der Waals surface area contributed by atoms with E-state index < -0.39 is 6.04 Å². The Morgan fingerprint density at radius 2 is 1.81 bits per heavy atom. The van der Waals surface area contributed by atoms with Crippen molar-refractivity contribution in [3.63, 3.8) is 0 Å². The number of nitrogens with two attached hydrogens (primary N) is 1. The summed E-state index contributed by atoms with van der Waals surface area (Å²) >= 11 is 1.92. The van der Waals surface area contributed by atoms with Crippen LogP contribution in [0.5, 0.6) is 5.75 Å². The van der Waals surface area contributed by atoms with Crippen LogP contribution >= 0.6 is 24.2 Å². The largest absolute Gasteiger partial charge is 0.508 e. The molecule has 1 aliphatic rings. The van der Waals surface area contributed by atoms with E-state index in [1.165, 1.54) is 10.5 Å². The van der Waals surface area contributed by atoms with Crippen LogP contribution in [-0.4, -0.2) is 40.3 Å². The SMILES string of the molecule is Cc1ccccc1SC1CCN(C(=O)[C@@H](N)Cc2ccc(O)cc2)CC1.Cl. The number of benzene rings is 2. The Labute approximate surface area is 171 Å². The maximum Gasteiger partial charge on any atom is 0.239 e. The fraction of sp³-hybridized carbons (Fsp3) is 0.381. The van der Waals surface area contributed by atoms with Gasteiger partial charge in [0.1, 0.15) is 5.75 Å². The van der Waals surface area contributed by atoms with Gasteiger partial charge in [0.05, 0.1) is 6.04 Å². The van der Waals surface area contributed by atoms with E-state index >= 15 is 0 Å². The highest BCUT2D eigenvalue weighted by atomic mass is 35.5. The number of rotatable bonds is 5. The van der Waals surface area contributed by atoms with Gasteiger partial charge in [0.15, 0.2) is 0 Å². The normalized spacial score (nSPS) is 15.9. The second-order valence-electron chi connectivity index (χ2n) is 6.89. The molecule has 1 atom stereocenters. The van der Waals surface area contributed by atoms with Crippen LogP contribution in [0.25, 0.3) is 0 Å². The van der Waals surface area contributed by atoms with Gasteiger partial charge in [-0.1, -0.05) is 30.3 Å². The molecule has 0 bridgehead atoms. The molecule has 0 saturated carbocycles. The first-order valence-corrected chi connectivity index (χ1v) is 9.95. The van der Waals surface area contributed by atoms with Crippen LogP contribution in [0, 0.1) is 6.92 Å². The third-order valence-electron chi connectivity index (χ3n) is 4.85. The molecule has 6 heteroatoms. The predicted molar refractivity (Wildman–Crippen MR) is 114 cm³/mol. The topological polar surface area (TPSA) is 66.6 Å². The zero-order valence-corrected chi connectivity index (χ0v) is 17.1. The second kappa shape index (κ2) is 10.0. The highest BCUT2D eigenvalue weighted by molar-refractivity contribution is 8.00. The number of hydrogen-bond donors (Lipinski definition) is 2. The predicted octanol–water partition coefficient (Wildman–Crippen LogP) is 3.78. The van der Waals surface area contributed by atoms with Crippen molar-refractivity contribution >= 4 is 30.1 Å². The minimum atomic E-state index is -0.528. The van der Waals surface area contributed by atoms with Gasteiger partial charge in [0, 0.05) is 23.2 Å². The molecule has 146 valence electrons. The quantitative estimate of drug-likeness (QED) is 0.793. The van der Waals surface area contributed by atoms with E-state index in [0.717, 1.165) is 31.5 Å². The number of hydrogen-bond acceptors (Lipinski definition) is 4. The number of aryl methyl sites for hydroxylation is 1. The van der Waals surface area contributed by atoms with Gasteiger partial charge in [-0.2, -0.15) is 0 Å². The van der Waals surface area contributed by atoms with E-state index in [1.54, 1.807) is 12.1 Å². The summed E-state index contributed by atoms with van der Waals surface area (Å²) in [5, 5.41) is 9.89. The monoisotopic (exact) mass is 406 g/mol. The first-order valence-electron chi connectivity index (χ1n) is 9.07.